The van der Waals surface area contributed by atoms with Crippen LogP contribution in [0.3, 0.4) is 0 Å². The quantitative estimate of drug-likeness (QED) is 0.549. The van der Waals surface area contributed by atoms with Crippen LogP contribution < -0.4 is 0 Å². The summed E-state index contributed by atoms with van der Waals surface area (Å²) in [5, 5.41) is 0.291. The average Bonchev–Trinajstić information content (AvgIpc) is 3.46. The Kier molecular flexibility index (Phi) is 6.37. The Balaban J connectivity index is 1.49. The van der Waals surface area contributed by atoms with E-state index in [2.05, 4.69) is 4.98 Å². The number of fused-ring (bicyclic) bond motifs is 1. The van der Waals surface area contributed by atoms with Gasteiger partial charge in [0.25, 0.3) is 5.22 Å². The number of sulfone groups is 2. The van der Waals surface area contributed by atoms with Crippen LogP contribution >= 0.6 is 11.8 Å². The number of carbonyl (C=O) groups excluding carboxylic acids is 1. The molecule has 1 atom stereocenters. The van der Waals surface area contributed by atoms with Crippen molar-refractivity contribution in [1.82, 2.24) is 9.88 Å². The van der Waals surface area contributed by atoms with E-state index in [1.54, 1.807) is 17.9 Å². The van der Waals surface area contributed by atoms with Crippen LogP contribution in [0.1, 0.15) is 39.0 Å². The molecule has 0 N–H and O–H groups in total. The lowest BCUT2D eigenvalue weighted by atomic mass is 10.1. The highest BCUT2D eigenvalue weighted by molar-refractivity contribution is 7.99. The number of nitrogens with zero attached hydrogens (tertiary/aromatic N) is 2. The highest BCUT2D eigenvalue weighted by atomic mass is 32.2. The number of hydrogen-bond acceptors (Lipinski definition) is 8. The van der Waals surface area contributed by atoms with Crippen molar-refractivity contribution < 1.29 is 26.0 Å². The van der Waals surface area contributed by atoms with Gasteiger partial charge in [0.2, 0.25) is 5.91 Å². The molecule has 2 aromatic rings. The van der Waals surface area contributed by atoms with E-state index in [4.69, 9.17) is 4.42 Å². The number of carbonyl (C=O) groups is 1. The molecule has 1 saturated carbocycles. The molecule has 170 valence electrons. The van der Waals surface area contributed by atoms with Crippen LogP contribution in [0.5, 0.6) is 0 Å². The molecule has 2 heterocycles. The summed E-state index contributed by atoms with van der Waals surface area (Å²) >= 11 is 1.15. The third-order valence-corrected chi connectivity index (χ3v) is 10.3. The Hall–Kier alpha value is -1.59. The number of aromatic nitrogens is 1. The molecule has 11 heteroatoms. The molecule has 4 rings (SSSR count). The van der Waals surface area contributed by atoms with Crippen molar-refractivity contribution in [3.05, 3.63) is 18.2 Å². The summed E-state index contributed by atoms with van der Waals surface area (Å²) in [5.74, 6) is 0.170. The molecule has 31 heavy (non-hydrogen) atoms. The van der Waals surface area contributed by atoms with Gasteiger partial charge in [0.1, 0.15) is 5.52 Å². The molecule has 1 unspecified atom stereocenters. The van der Waals surface area contributed by atoms with Gasteiger partial charge in [-0.25, -0.2) is 21.8 Å². The molecular formula is C20H26N2O6S3. The van der Waals surface area contributed by atoms with Gasteiger partial charge in [0.15, 0.2) is 25.3 Å². The first kappa shape index (κ1) is 22.6. The van der Waals surface area contributed by atoms with E-state index < -0.39 is 19.7 Å². The second kappa shape index (κ2) is 8.74. The van der Waals surface area contributed by atoms with Crippen LogP contribution in [-0.2, 0) is 24.5 Å². The second-order valence-electron chi connectivity index (χ2n) is 8.10. The van der Waals surface area contributed by atoms with Crippen LogP contribution in [0.4, 0.5) is 0 Å². The number of thioether (sulfide) groups is 1. The van der Waals surface area contributed by atoms with Gasteiger partial charge < -0.3 is 9.32 Å². The van der Waals surface area contributed by atoms with Crippen molar-refractivity contribution in [3.63, 3.8) is 0 Å². The molecule has 8 nitrogen and oxygen atoms in total. The number of rotatable bonds is 7. The molecule has 1 aromatic heterocycles. The van der Waals surface area contributed by atoms with E-state index in [1.807, 2.05) is 0 Å². The molecule has 0 spiro atoms. The Morgan fingerprint density at radius 2 is 1.97 bits per heavy atom. The Morgan fingerprint density at radius 3 is 2.61 bits per heavy atom. The summed E-state index contributed by atoms with van der Waals surface area (Å²) in [6.07, 6.45) is 4.41. The highest BCUT2D eigenvalue weighted by Gasteiger charge is 2.39. The van der Waals surface area contributed by atoms with Gasteiger partial charge >= 0.3 is 0 Å². The molecule has 2 fully saturated rings. The zero-order valence-electron chi connectivity index (χ0n) is 17.3. The fraction of sp³-hybridized carbons (Fsp3) is 0.600. The van der Waals surface area contributed by atoms with Crippen molar-refractivity contribution in [3.8, 4) is 0 Å². The van der Waals surface area contributed by atoms with E-state index >= 15 is 0 Å². The van der Waals surface area contributed by atoms with E-state index in [9.17, 15) is 21.6 Å². The zero-order valence-corrected chi connectivity index (χ0v) is 19.8. The minimum absolute atomic E-state index is 0.000352. The minimum Gasteiger partial charge on any atom is -0.431 e. The zero-order chi connectivity index (χ0) is 22.2. The number of oxazole rings is 1. The highest BCUT2D eigenvalue weighted by Crippen LogP contribution is 2.31. The van der Waals surface area contributed by atoms with E-state index in [1.165, 1.54) is 12.1 Å². The van der Waals surface area contributed by atoms with Crippen molar-refractivity contribution in [2.75, 3.05) is 23.0 Å². The van der Waals surface area contributed by atoms with Crippen LogP contribution in [0, 0.1) is 0 Å². The molecule has 1 aliphatic carbocycles. The monoisotopic (exact) mass is 486 g/mol. The maximum atomic E-state index is 13.1. The number of hydrogen-bond donors (Lipinski definition) is 0. The van der Waals surface area contributed by atoms with E-state index in [-0.39, 0.29) is 45.9 Å². The first-order valence-corrected chi connectivity index (χ1v) is 14.9. The molecule has 1 aromatic carbocycles. The van der Waals surface area contributed by atoms with Gasteiger partial charge in [-0.2, -0.15) is 0 Å². The standard InChI is InChI=1S/C20H26N2O6S3/c1-2-31(26,27)16-7-8-18-17(11-16)21-20(28-18)29-12-19(23)22(14-5-3-4-6-14)15-9-10-30(24,25)13-15/h7-8,11,14-15H,2-6,9-10,12-13H2,1H3. The molecule has 1 aliphatic heterocycles. The van der Waals surface area contributed by atoms with Crippen molar-refractivity contribution >= 4 is 48.4 Å². The summed E-state index contributed by atoms with van der Waals surface area (Å²) in [7, 11) is -6.43. The van der Waals surface area contributed by atoms with E-state index in [0.717, 1.165) is 37.4 Å². The fourth-order valence-electron chi connectivity index (χ4n) is 4.39. The second-order valence-corrected chi connectivity index (χ2v) is 13.5. The maximum absolute atomic E-state index is 13.1. The topological polar surface area (TPSA) is 115 Å². The molecule has 2 aliphatic rings. The number of benzene rings is 1. The fourth-order valence-corrected chi connectivity index (χ4v) is 7.71. The molecule has 1 amide bonds. The summed E-state index contributed by atoms with van der Waals surface area (Å²) in [4.78, 5) is 19.4. The van der Waals surface area contributed by atoms with Gasteiger partial charge in [-0.3, -0.25) is 4.79 Å². The first-order valence-electron chi connectivity index (χ1n) is 10.5. The molecular weight excluding hydrogens is 460 g/mol. The van der Waals surface area contributed by atoms with Crippen molar-refractivity contribution in [2.24, 2.45) is 0 Å². The van der Waals surface area contributed by atoms with E-state index in [0.29, 0.717) is 22.7 Å². The van der Waals surface area contributed by atoms with Gasteiger partial charge in [-0.15, -0.1) is 0 Å². The lowest BCUT2D eigenvalue weighted by Crippen LogP contribution is -2.47. The molecule has 1 saturated heterocycles. The van der Waals surface area contributed by atoms with Crippen LogP contribution in [-0.4, -0.2) is 67.7 Å². The van der Waals surface area contributed by atoms with Gasteiger partial charge in [0, 0.05) is 12.1 Å². The predicted molar refractivity (Wildman–Crippen MR) is 119 cm³/mol. The van der Waals surface area contributed by atoms with Gasteiger partial charge in [0.05, 0.1) is 27.9 Å². The lowest BCUT2D eigenvalue weighted by Gasteiger charge is -2.34. The summed E-state index contributed by atoms with van der Waals surface area (Å²) in [5.41, 5.74) is 0.888. The van der Waals surface area contributed by atoms with Gasteiger partial charge in [-0.1, -0.05) is 31.5 Å². The van der Waals surface area contributed by atoms with Gasteiger partial charge in [-0.05, 0) is 37.5 Å². The smallest absolute Gasteiger partial charge is 0.257 e. The number of amides is 1. The van der Waals surface area contributed by atoms with Crippen LogP contribution in [0.25, 0.3) is 11.1 Å². The summed E-state index contributed by atoms with van der Waals surface area (Å²) in [6.45, 7) is 1.58. The SMILES string of the molecule is CCS(=O)(=O)c1ccc2oc(SCC(=O)N(C3CCCC3)C3CCS(=O)(=O)C3)nc2c1. The summed E-state index contributed by atoms with van der Waals surface area (Å²) in [6, 6.07) is 4.39. The average molecular weight is 487 g/mol. The molecule has 0 bridgehead atoms. The lowest BCUT2D eigenvalue weighted by molar-refractivity contribution is -0.132. The Bertz CT molecular complexity index is 1180. The van der Waals surface area contributed by atoms with Crippen LogP contribution in [0.2, 0.25) is 0 Å². The first-order chi connectivity index (χ1) is 14.7. The third kappa shape index (κ3) is 4.93. The Morgan fingerprint density at radius 1 is 1.23 bits per heavy atom. The maximum Gasteiger partial charge on any atom is 0.257 e. The van der Waals surface area contributed by atoms with Crippen molar-refractivity contribution in [2.45, 2.75) is 61.2 Å². The normalized spacial score (nSPS) is 21.6. The van der Waals surface area contributed by atoms with Crippen molar-refractivity contribution in [1.29, 1.82) is 0 Å². The largest absolute Gasteiger partial charge is 0.431 e. The van der Waals surface area contributed by atoms with Crippen LogP contribution in [0.15, 0.2) is 32.7 Å². The minimum atomic E-state index is -3.34. The third-order valence-electron chi connectivity index (χ3n) is 6.01. The molecule has 0 radical (unpaired) electrons. The predicted octanol–water partition coefficient (Wildman–Crippen LogP) is 2.67. The summed E-state index contributed by atoms with van der Waals surface area (Å²) < 4.78 is 53.8. The Labute approximate surface area is 186 Å².